The van der Waals surface area contributed by atoms with Crippen molar-refractivity contribution in [3.63, 3.8) is 0 Å². The molecular weight excluding hydrogens is 186 g/mol. The van der Waals surface area contributed by atoms with Gasteiger partial charge in [-0.1, -0.05) is 27.2 Å². The van der Waals surface area contributed by atoms with Gasteiger partial charge in [-0.2, -0.15) is 0 Å². The highest BCUT2D eigenvalue weighted by molar-refractivity contribution is 4.87. The van der Waals surface area contributed by atoms with E-state index in [4.69, 9.17) is 0 Å². The van der Waals surface area contributed by atoms with Gasteiger partial charge in [0.2, 0.25) is 0 Å². The molecule has 0 radical (unpaired) electrons. The summed E-state index contributed by atoms with van der Waals surface area (Å²) >= 11 is 0. The minimum absolute atomic E-state index is 0.392. The number of aliphatic hydroxyl groups is 1. The quantitative estimate of drug-likeness (QED) is 0.776. The minimum Gasteiger partial charge on any atom is -0.390 e. The fourth-order valence-corrected chi connectivity index (χ4v) is 2.61. The Labute approximate surface area is 94.7 Å². The van der Waals surface area contributed by atoms with Gasteiger partial charge in [-0.15, -0.1) is 0 Å². The average molecular weight is 213 g/mol. The van der Waals surface area contributed by atoms with Gasteiger partial charge in [0.05, 0.1) is 5.60 Å². The van der Waals surface area contributed by atoms with E-state index in [1.807, 2.05) is 0 Å². The van der Waals surface area contributed by atoms with Crippen LogP contribution in [-0.4, -0.2) is 35.2 Å². The average Bonchev–Trinajstić information content (AvgIpc) is 2.42. The van der Waals surface area contributed by atoms with Crippen LogP contribution in [0.2, 0.25) is 0 Å². The normalized spacial score (nSPS) is 31.2. The third-order valence-electron chi connectivity index (χ3n) is 4.01. The van der Waals surface area contributed by atoms with Gasteiger partial charge in [0.15, 0.2) is 0 Å². The summed E-state index contributed by atoms with van der Waals surface area (Å²) in [6.45, 7) is 10.0. The van der Waals surface area contributed by atoms with Crippen LogP contribution in [0.4, 0.5) is 0 Å². The van der Waals surface area contributed by atoms with E-state index < -0.39 is 5.60 Å². The Morgan fingerprint density at radius 2 is 2.00 bits per heavy atom. The van der Waals surface area contributed by atoms with Gasteiger partial charge in [-0.3, -0.25) is 0 Å². The molecule has 1 aliphatic rings. The van der Waals surface area contributed by atoms with Gasteiger partial charge in [0, 0.05) is 6.54 Å². The Balaban J connectivity index is 2.50. The maximum Gasteiger partial charge on any atom is 0.0685 e. The molecule has 0 aromatic carbocycles. The molecule has 0 spiro atoms. The third kappa shape index (κ3) is 3.46. The zero-order valence-corrected chi connectivity index (χ0v) is 10.6. The molecule has 1 N–H and O–H groups in total. The van der Waals surface area contributed by atoms with Crippen LogP contribution in [-0.2, 0) is 0 Å². The molecule has 1 saturated heterocycles. The van der Waals surface area contributed by atoms with Crippen molar-refractivity contribution in [1.82, 2.24) is 4.90 Å². The first-order valence-corrected chi connectivity index (χ1v) is 6.57. The summed E-state index contributed by atoms with van der Waals surface area (Å²) in [5.41, 5.74) is -0.392. The molecule has 2 atom stereocenters. The van der Waals surface area contributed by atoms with Crippen molar-refractivity contribution in [2.75, 3.05) is 19.6 Å². The second kappa shape index (κ2) is 5.86. The number of hydrogen-bond donors (Lipinski definition) is 1. The van der Waals surface area contributed by atoms with E-state index in [2.05, 4.69) is 25.7 Å². The Bertz CT molecular complexity index is 183. The molecule has 15 heavy (non-hydrogen) atoms. The van der Waals surface area contributed by atoms with Gasteiger partial charge in [-0.25, -0.2) is 0 Å². The molecule has 2 nitrogen and oxygen atoms in total. The third-order valence-corrected chi connectivity index (χ3v) is 4.01. The van der Waals surface area contributed by atoms with Crippen LogP contribution < -0.4 is 0 Å². The Hall–Kier alpha value is -0.0800. The number of nitrogens with zero attached hydrogens (tertiary/aromatic N) is 1. The predicted octanol–water partition coefficient (Wildman–Crippen LogP) is 2.66. The van der Waals surface area contributed by atoms with E-state index in [-0.39, 0.29) is 0 Å². The molecule has 2 heteroatoms. The monoisotopic (exact) mass is 213 g/mol. The summed E-state index contributed by atoms with van der Waals surface area (Å²) in [6.07, 6.45) is 5.41. The summed E-state index contributed by atoms with van der Waals surface area (Å²) in [7, 11) is 0. The lowest BCUT2D eigenvalue weighted by Crippen LogP contribution is -2.37. The molecule has 1 rings (SSSR count). The van der Waals surface area contributed by atoms with Crippen molar-refractivity contribution < 1.29 is 5.11 Å². The smallest absolute Gasteiger partial charge is 0.0685 e. The molecule has 1 heterocycles. The highest BCUT2D eigenvalue weighted by atomic mass is 16.3. The molecule has 2 unspecified atom stereocenters. The van der Waals surface area contributed by atoms with Crippen LogP contribution in [0.3, 0.4) is 0 Å². The lowest BCUT2D eigenvalue weighted by Gasteiger charge is -2.32. The first-order chi connectivity index (χ1) is 7.12. The van der Waals surface area contributed by atoms with Gasteiger partial charge in [-0.05, 0) is 44.7 Å². The number of rotatable bonds is 4. The van der Waals surface area contributed by atoms with E-state index in [0.717, 1.165) is 32.2 Å². The zero-order chi connectivity index (χ0) is 11.3. The van der Waals surface area contributed by atoms with Crippen molar-refractivity contribution in [2.45, 2.75) is 58.5 Å². The molecule has 0 amide bonds. The van der Waals surface area contributed by atoms with Crippen LogP contribution in [0.25, 0.3) is 0 Å². The van der Waals surface area contributed by atoms with E-state index in [1.165, 1.54) is 19.5 Å². The Kier molecular flexibility index (Phi) is 5.07. The van der Waals surface area contributed by atoms with Gasteiger partial charge < -0.3 is 10.0 Å². The van der Waals surface area contributed by atoms with Crippen LogP contribution in [0.15, 0.2) is 0 Å². The maximum absolute atomic E-state index is 10.6. The summed E-state index contributed by atoms with van der Waals surface area (Å²) in [5, 5.41) is 10.6. The maximum atomic E-state index is 10.6. The van der Waals surface area contributed by atoms with Crippen LogP contribution >= 0.6 is 0 Å². The SMILES string of the molecule is CCCN1CCCC(O)(C(C)CC)CC1. The zero-order valence-electron chi connectivity index (χ0n) is 10.6. The minimum atomic E-state index is -0.392. The number of likely N-dealkylation sites (tertiary alicyclic amines) is 1. The summed E-state index contributed by atoms with van der Waals surface area (Å²) in [5.74, 6) is 0.444. The highest BCUT2D eigenvalue weighted by Gasteiger charge is 2.34. The van der Waals surface area contributed by atoms with E-state index in [1.54, 1.807) is 0 Å². The van der Waals surface area contributed by atoms with Gasteiger partial charge in [0.1, 0.15) is 0 Å². The van der Waals surface area contributed by atoms with E-state index in [0.29, 0.717) is 5.92 Å². The van der Waals surface area contributed by atoms with Crippen molar-refractivity contribution >= 4 is 0 Å². The molecule has 0 aromatic rings. The highest BCUT2D eigenvalue weighted by Crippen LogP contribution is 2.31. The number of hydrogen-bond acceptors (Lipinski definition) is 2. The summed E-state index contributed by atoms with van der Waals surface area (Å²) in [4.78, 5) is 2.50. The molecule has 90 valence electrons. The fourth-order valence-electron chi connectivity index (χ4n) is 2.61. The molecular formula is C13H27NO. The lowest BCUT2D eigenvalue weighted by molar-refractivity contribution is -0.0259. The van der Waals surface area contributed by atoms with Crippen molar-refractivity contribution in [3.05, 3.63) is 0 Å². The molecule has 0 aromatic heterocycles. The summed E-state index contributed by atoms with van der Waals surface area (Å²) < 4.78 is 0. The predicted molar refractivity (Wildman–Crippen MR) is 65.0 cm³/mol. The molecule has 0 saturated carbocycles. The summed E-state index contributed by atoms with van der Waals surface area (Å²) in [6, 6.07) is 0. The van der Waals surface area contributed by atoms with Gasteiger partial charge in [0.25, 0.3) is 0 Å². The van der Waals surface area contributed by atoms with Crippen LogP contribution in [0.5, 0.6) is 0 Å². The van der Waals surface area contributed by atoms with Crippen molar-refractivity contribution in [1.29, 1.82) is 0 Å². The fraction of sp³-hybridized carbons (Fsp3) is 1.00. The standard InChI is InChI=1S/C13H27NO/c1-4-9-14-10-6-7-13(15,8-11-14)12(3)5-2/h12,15H,4-11H2,1-3H3. The van der Waals surface area contributed by atoms with Crippen molar-refractivity contribution in [2.24, 2.45) is 5.92 Å². The molecule has 0 bridgehead atoms. The lowest BCUT2D eigenvalue weighted by atomic mass is 9.81. The molecule has 1 fully saturated rings. The van der Waals surface area contributed by atoms with Crippen LogP contribution in [0.1, 0.15) is 52.9 Å². The van der Waals surface area contributed by atoms with E-state index in [9.17, 15) is 5.11 Å². The Morgan fingerprint density at radius 3 is 2.60 bits per heavy atom. The first-order valence-electron chi connectivity index (χ1n) is 6.57. The van der Waals surface area contributed by atoms with E-state index >= 15 is 0 Å². The first kappa shape index (κ1) is 13.0. The van der Waals surface area contributed by atoms with Crippen molar-refractivity contribution in [3.8, 4) is 0 Å². The second-order valence-corrected chi connectivity index (χ2v) is 5.11. The molecule has 1 aliphatic heterocycles. The second-order valence-electron chi connectivity index (χ2n) is 5.11. The Morgan fingerprint density at radius 1 is 1.27 bits per heavy atom. The topological polar surface area (TPSA) is 23.5 Å². The largest absolute Gasteiger partial charge is 0.390 e. The van der Waals surface area contributed by atoms with Gasteiger partial charge >= 0.3 is 0 Å². The molecule has 0 aliphatic carbocycles. The van der Waals surface area contributed by atoms with Crippen LogP contribution in [0, 0.1) is 5.92 Å².